The summed E-state index contributed by atoms with van der Waals surface area (Å²) in [5, 5.41) is 13.1. The maximum Gasteiger partial charge on any atom is 0.215 e. The Hall–Kier alpha value is -3.02. The van der Waals surface area contributed by atoms with Crippen LogP contribution in [0.2, 0.25) is 0 Å². The molecule has 1 N–H and O–H groups in total. The molecule has 3 aromatic carbocycles. The molecule has 2 heterocycles. The van der Waals surface area contributed by atoms with Gasteiger partial charge in [0, 0.05) is 17.4 Å². The summed E-state index contributed by atoms with van der Waals surface area (Å²) in [7, 11) is 0. The summed E-state index contributed by atoms with van der Waals surface area (Å²) in [6.45, 7) is 0. The second-order valence-corrected chi connectivity index (χ2v) is 7.97. The van der Waals surface area contributed by atoms with Gasteiger partial charge in [-0.25, -0.2) is 0 Å². The van der Waals surface area contributed by atoms with Crippen LogP contribution in [-0.2, 0) is 0 Å². The Labute approximate surface area is 165 Å². The number of nitrogens with zero attached hydrogens (tertiary/aromatic N) is 2. The maximum absolute atomic E-state index is 10.9. The van der Waals surface area contributed by atoms with E-state index in [-0.39, 0.29) is 5.88 Å². The van der Waals surface area contributed by atoms with E-state index in [9.17, 15) is 5.11 Å². The lowest BCUT2D eigenvalue weighted by atomic mass is 10.1. The van der Waals surface area contributed by atoms with Crippen LogP contribution in [0, 0.1) is 3.95 Å². The average molecular weight is 387 g/mol. The normalized spacial score (nSPS) is 14.1. The van der Waals surface area contributed by atoms with E-state index in [4.69, 9.17) is 12.2 Å². The van der Waals surface area contributed by atoms with Crippen molar-refractivity contribution in [2.24, 2.45) is 4.99 Å². The number of benzene rings is 3. The first-order chi connectivity index (χ1) is 13.2. The standard InChI is InChI=1S/C22H14N2OS2/c25-21-20(12-16-13-23-19-8-4-3-7-18(16)19)27-22(26)24(21)17-10-9-14-5-1-2-6-15(14)11-17/h1-13,25H. The second kappa shape index (κ2) is 6.30. The highest BCUT2D eigenvalue weighted by atomic mass is 32.1. The smallest absolute Gasteiger partial charge is 0.215 e. The summed E-state index contributed by atoms with van der Waals surface area (Å²) in [4.78, 5) is 5.15. The molecule has 1 aromatic heterocycles. The van der Waals surface area contributed by atoms with Crippen molar-refractivity contribution in [1.82, 2.24) is 4.57 Å². The third-order valence-electron chi connectivity index (χ3n) is 4.65. The number of aromatic hydroxyl groups is 1. The van der Waals surface area contributed by atoms with Crippen molar-refractivity contribution in [3.63, 3.8) is 0 Å². The Morgan fingerprint density at radius 1 is 0.963 bits per heavy atom. The van der Waals surface area contributed by atoms with Gasteiger partial charge in [0.25, 0.3) is 0 Å². The number of thiazole rings is 1. The van der Waals surface area contributed by atoms with Crippen molar-refractivity contribution >= 4 is 57.9 Å². The van der Waals surface area contributed by atoms with Crippen LogP contribution in [0.3, 0.4) is 0 Å². The van der Waals surface area contributed by atoms with E-state index in [1.54, 1.807) is 4.57 Å². The van der Waals surface area contributed by atoms with E-state index in [0.29, 0.717) is 3.95 Å². The highest BCUT2D eigenvalue weighted by molar-refractivity contribution is 7.73. The fraction of sp³-hybridized carbons (Fsp3) is 0. The van der Waals surface area contributed by atoms with Gasteiger partial charge in [-0.3, -0.25) is 9.56 Å². The molecule has 4 aromatic rings. The van der Waals surface area contributed by atoms with E-state index in [1.165, 1.54) is 11.3 Å². The summed E-state index contributed by atoms with van der Waals surface area (Å²) in [5.41, 5.74) is 3.84. The first-order valence-electron chi connectivity index (χ1n) is 8.50. The Kier molecular flexibility index (Phi) is 3.77. The van der Waals surface area contributed by atoms with Crippen molar-refractivity contribution in [2.45, 2.75) is 0 Å². The van der Waals surface area contributed by atoms with Gasteiger partial charge in [0.15, 0.2) is 3.95 Å². The number of hydrogen-bond donors (Lipinski definition) is 1. The van der Waals surface area contributed by atoms with E-state index in [2.05, 4.69) is 17.1 Å². The SMILES string of the molecule is Oc1c(C=C2C=Nc3ccccc32)sc(=S)n1-c1ccc2ccccc2c1. The molecule has 0 saturated heterocycles. The molecular formula is C22H14N2OS2. The van der Waals surface area contributed by atoms with Crippen LogP contribution < -0.4 is 0 Å². The van der Waals surface area contributed by atoms with Crippen molar-refractivity contribution in [3.05, 3.63) is 81.1 Å². The van der Waals surface area contributed by atoms with Crippen LogP contribution in [0.1, 0.15) is 10.4 Å². The molecule has 3 nitrogen and oxygen atoms in total. The third kappa shape index (κ3) is 2.72. The molecule has 0 unspecified atom stereocenters. The highest BCUT2D eigenvalue weighted by Gasteiger charge is 2.16. The lowest BCUT2D eigenvalue weighted by Crippen LogP contribution is -1.93. The van der Waals surface area contributed by atoms with Crippen molar-refractivity contribution < 1.29 is 5.11 Å². The van der Waals surface area contributed by atoms with Crippen LogP contribution in [0.25, 0.3) is 28.1 Å². The zero-order chi connectivity index (χ0) is 18.4. The number of para-hydroxylation sites is 1. The molecule has 0 atom stereocenters. The molecule has 1 aliphatic heterocycles. The van der Waals surface area contributed by atoms with Gasteiger partial charge in [-0.2, -0.15) is 0 Å². The Balaban J connectivity index is 1.63. The maximum atomic E-state index is 10.9. The van der Waals surface area contributed by atoms with Gasteiger partial charge in [-0.05, 0) is 47.3 Å². The van der Waals surface area contributed by atoms with Crippen molar-refractivity contribution in [3.8, 4) is 11.6 Å². The molecule has 5 heteroatoms. The predicted octanol–water partition coefficient (Wildman–Crippen LogP) is 6.38. The van der Waals surface area contributed by atoms with E-state index >= 15 is 0 Å². The second-order valence-electron chi connectivity index (χ2n) is 6.30. The lowest BCUT2D eigenvalue weighted by Gasteiger charge is -2.06. The monoisotopic (exact) mass is 386 g/mol. The molecule has 0 bridgehead atoms. The zero-order valence-corrected chi connectivity index (χ0v) is 15.8. The van der Waals surface area contributed by atoms with Crippen LogP contribution in [0.15, 0.2) is 71.7 Å². The van der Waals surface area contributed by atoms with Gasteiger partial charge in [0.2, 0.25) is 5.88 Å². The van der Waals surface area contributed by atoms with Crippen molar-refractivity contribution in [2.75, 3.05) is 0 Å². The van der Waals surface area contributed by atoms with E-state index in [1.807, 2.05) is 66.9 Å². The number of fused-ring (bicyclic) bond motifs is 2. The number of rotatable bonds is 2. The van der Waals surface area contributed by atoms with Gasteiger partial charge >= 0.3 is 0 Å². The molecule has 130 valence electrons. The molecule has 0 saturated carbocycles. The molecule has 1 aliphatic rings. The van der Waals surface area contributed by atoms with Gasteiger partial charge in [0.05, 0.1) is 16.3 Å². The largest absolute Gasteiger partial charge is 0.493 e. The summed E-state index contributed by atoms with van der Waals surface area (Å²) in [6, 6.07) is 22.2. The van der Waals surface area contributed by atoms with Gasteiger partial charge in [0.1, 0.15) is 0 Å². The Bertz CT molecular complexity index is 1310. The highest BCUT2D eigenvalue weighted by Crippen LogP contribution is 2.37. The minimum absolute atomic E-state index is 0.158. The molecule has 0 radical (unpaired) electrons. The summed E-state index contributed by atoms with van der Waals surface area (Å²) in [6.07, 6.45) is 3.77. The van der Waals surface area contributed by atoms with E-state index < -0.39 is 0 Å². The van der Waals surface area contributed by atoms with Gasteiger partial charge in [-0.15, -0.1) is 11.3 Å². The number of aliphatic imine (C=N–C) groups is 1. The van der Waals surface area contributed by atoms with Crippen molar-refractivity contribution in [1.29, 1.82) is 0 Å². The van der Waals surface area contributed by atoms with E-state index in [0.717, 1.165) is 38.2 Å². The predicted molar refractivity (Wildman–Crippen MR) is 116 cm³/mol. The fourth-order valence-electron chi connectivity index (χ4n) is 3.31. The first-order valence-corrected chi connectivity index (χ1v) is 9.72. The lowest BCUT2D eigenvalue weighted by molar-refractivity contribution is 0.441. The molecular weight excluding hydrogens is 372 g/mol. The van der Waals surface area contributed by atoms with Gasteiger partial charge < -0.3 is 5.11 Å². The zero-order valence-electron chi connectivity index (χ0n) is 14.2. The Morgan fingerprint density at radius 2 is 1.74 bits per heavy atom. The fourth-order valence-corrected chi connectivity index (χ4v) is 4.62. The number of allylic oxidation sites excluding steroid dienone is 1. The molecule has 5 rings (SSSR count). The van der Waals surface area contributed by atoms with Gasteiger partial charge in [-0.1, -0.05) is 48.5 Å². The topological polar surface area (TPSA) is 37.5 Å². The molecule has 0 amide bonds. The molecule has 0 fully saturated rings. The minimum atomic E-state index is 0.158. The summed E-state index contributed by atoms with van der Waals surface area (Å²) < 4.78 is 2.33. The Morgan fingerprint density at radius 3 is 2.63 bits per heavy atom. The number of hydrogen-bond acceptors (Lipinski definition) is 4. The molecule has 27 heavy (non-hydrogen) atoms. The first kappa shape index (κ1) is 16.2. The minimum Gasteiger partial charge on any atom is -0.493 e. The molecule has 0 aliphatic carbocycles. The van der Waals surface area contributed by atoms with Crippen LogP contribution in [-0.4, -0.2) is 15.9 Å². The molecule has 0 spiro atoms. The van der Waals surface area contributed by atoms with Crippen LogP contribution in [0.5, 0.6) is 5.88 Å². The van der Waals surface area contributed by atoms with Crippen LogP contribution >= 0.6 is 23.6 Å². The summed E-state index contributed by atoms with van der Waals surface area (Å²) in [5.74, 6) is 0.158. The third-order valence-corrected chi connectivity index (χ3v) is 5.96. The van der Waals surface area contributed by atoms with Crippen LogP contribution in [0.4, 0.5) is 5.69 Å². The number of aromatic nitrogens is 1. The average Bonchev–Trinajstić information content (AvgIpc) is 3.22. The summed E-state index contributed by atoms with van der Waals surface area (Å²) >= 11 is 6.93. The quantitative estimate of drug-likeness (QED) is 0.406.